The van der Waals surface area contributed by atoms with Crippen LogP contribution in [0.5, 0.6) is 0 Å². The number of fused-ring (bicyclic) bond motifs is 1. The Morgan fingerprint density at radius 2 is 1.91 bits per heavy atom. The minimum atomic E-state index is -1.31. The van der Waals surface area contributed by atoms with Gasteiger partial charge in [-0.25, -0.2) is 4.39 Å². The average molecular weight is 603 g/mol. The standard InChI is InChI=1S/C33H29BClFN8/c34-33(23-9-11-24(36)12-10-23,30-20-44(43-42-30)26-13-14-26)41-25-16-27-31(22(18-38)19-39-32(27)28(35)17-25)40-29(8-4-5-15-37)21-6-2-1-3-7-21/h1-3,6-7,9-12,16-17,19-20,26,29,41-43H,4-5,8,13-14H2,(H,39,40). The first-order chi connectivity index (χ1) is 21.4. The van der Waals surface area contributed by atoms with Crippen molar-refractivity contribution in [2.75, 3.05) is 10.6 Å². The third-order valence-electron chi connectivity index (χ3n) is 7.94. The average Bonchev–Trinajstić information content (AvgIpc) is 3.76. The summed E-state index contributed by atoms with van der Waals surface area (Å²) in [6.45, 7) is 0. The van der Waals surface area contributed by atoms with Gasteiger partial charge >= 0.3 is 0 Å². The maximum Gasteiger partial charge on any atom is 0.123 e. The highest BCUT2D eigenvalue weighted by Gasteiger charge is 2.38. The molecular weight excluding hydrogens is 574 g/mol. The Balaban J connectivity index is 1.43. The third-order valence-corrected chi connectivity index (χ3v) is 8.23. The molecule has 44 heavy (non-hydrogen) atoms. The number of hydrazine groups is 2. The molecule has 2 atom stereocenters. The minimum Gasteiger partial charge on any atom is -0.378 e. The maximum atomic E-state index is 13.9. The number of aromatic nitrogens is 1. The van der Waals surface area contributed by atoms with Crippen LogP contribution in [0.4, 0.5) is 15.8 Å². The van der Waals surface area contributed by atoms with E-state index in [0.29, 0.717) is 69.4 Å². The normalized spacial score (nSPS) is 16.3. The Morgan fingerprint density at radius 3 is 2.61 bits per heavy atom. The highest BCUT2D eigenvalue weighted by Crippen LogP contribution is 2.39. The van der Waals surface area contributed by atoms with E-state index in [9.17, 15) is 9.65 Å². The summed E-state index contributed by atoms with van der Waals surface area (Å²) < 4.78 is 13.9. The van der Waals surface area contributed by atoms with Gasteiger partial charge in [0.2, 0.25) is 0 Å². The van der Waals surface area contributed by atoms with Crippen LogP contribution < -0.4 is 21.6 Å². The van der Waals surface area contributed by atoms with Gasteiger partial charge in [-0.2, -0.15) is 10.5 Å². The number of pyridine rings is 1. The molecular formula is C33H29BClFN8. The molecule has 0 saturated heterocycles. The lowest BCUT2D eigenvalue weighted by Crippen LogP contribution is -2.45. The molecule has 218 valence electrons. The smallest absolute Gasteiger partial charge is 0.123 e. The van der Waals surface area contributed by atoms with Crippen LogP contribution in [0.3, 0.4) is 0 Å². The molecule has 1 aliphatic heterocycles. The highest BCUT2D eigenvalue weighted by atomic mass is 35.5. The van der Waals surface area contributed by atoms with Crippen molar-refractivity contribution in [2.24, 2.45) is 0 Å². The highest BCUT2D eigenvalue weighted by molar-refractivity contribution is 6.36. The van der Waals surface area contributed by atoms with Crippen molar-refractivity contribution < 1.29 is 4.39 Å². The van der Waals surface area contributed by atoms with Crippen molar-refractivity contribution >= 4 is 41.7 Å². The molecule has 2 heterocycles. The van der Waals surface area contributed by atoms with Crippen LogP contribution in [0.25, 0.3) is 10.9 Å². The van der Waals surface area contributed by atoms with E-state index in [4.69, 9.17) is 24.7 Å². The van der Waals surface area contributed by atoms with Crippen LogP contribution in [-0.2, 0) is 5.44 Å². The molecule has 1 aliphatic carbocycles. The van der Waals surface area contributed by atoms with Gasteiger partial charge in [0.15, 0.2) is 0 Å². The molecule has 0 spiro atoms. The van der Waals surface area contributed by atoms with Crippen LogP contribution in [0, 0.1) is 28.5 Å². The van der Waals surface area contributed by atoms with Crippen molar-refractivity contribution in [3.63, 3.8) is 0 Å². The number of unbranched alkanes of at least 4 members (excludes halogenated alkanes) is 1. The Bertz CT molecular complexity index is 1780. The number of nitriles is 2. The van der Waals surface area contributed by atoms with Gasteiger partial charge in [-0.1, -0.05) is 54.1 Å². The fraction of sp³-hybridized carbons (Fsp3) is 0.242. The fourth-order valence-corrected chi connectivity index (χ4v) is 5.72. The SMILES string of the molecule is [B]C(Nc1cc(Cl)c2ncc(C#N)c(NC(CCCC#N)c3ccccc3)c2c1)(C1=CN(C2CC2)NN1)c1ccc(F)cc1. The first kappa shape index (κ1) is 29.3. The number of anilines is 2. The van der Waals surface area contributed by atoms with E-state index in [1.54, 1.807) is 18.2 Å². The summed E-state index contributed by atoms with van der Waals surface area (Å²) in [5, 5.41) is 29.2. The fourth-order valence-electron chi connectivity index (χ4n) is 5.45. The van der Waals surface area contributed by atoms with Crippen molar-refractivity contribution in [1.82, 2.24) is 21.0 Å². The van der Waals surface area contributed by atoms with Crippen molar-refractivity contribution in [2.45, 2.75) is 49.6 Å². The summed E-state index contributed by atoms with van der Waals surface area (Å²) in [6.07, 6.45) is 7.37. The molecule has 1 aromatic heterocycles. The molecule has 4 aromatic rings. The number of nitrogens with one attached hydrogen (secondary N) is 4. The van der Waals surface area contributed by atoms with Gasteiger partial charge in [-0.3, -0.25) is 9.99 Å². The van der Waals surface area contributed by atoms with Gasteiger partial charge in [0.1, 0.15) is 19.7 Å². The molecule has 8 nitrogen and oxygen atoms in total. The van der Waals surface area contributed by atoms with Gasteiger partial charge in [0, 0.05) is 35.9 Å². The van der Waals surface area contributed by atoms with E-state index < -0.39 is 5.44 Å². The number of hydrogen-bond donors (Lipinski definition) is 4. The summed E-state index contributed by atoms with van der Waals surface area (Å²) in [7, 11) is 7.12. The first-order valence-electron chi connectivity index (χ1n) is 14.5. The Labute approximate surface area is 261 Å². The van der Waals surface area contributed by atoms with Crippen molar-refractivity contribution in [1.29, 1.82) is 10.5 Å². The topological polar surface area (TPSA) is 112 Å². The lowest BCUT2D eigenvalue weighted by molar-refractivity contribution is 0.260. The number of hydrogen-bond acceptors (Lipinski definition) is 8. The molecule has 6 rings (SSSR count). The van der Waals surface area contributed by atoms with Gasteiger partial charge in [-0.05, 0) is 61.1 Å². The van der Waals surface area contributed by atoms with E-state index in [1.165, 1.54) is 18.3 Å². The molecule has 1 saturated carbocycles. The summed E-state index contributed by atoms with van der Waals surface area (Å²) >= 11 is 6.82. The maximum absolute atomic E-state index is 13.9. The second-order valence-electron chi connectivity index (χ2n) is 11.0. The van der Waals surface area contributed by atoms with E-state index in [2.05, 4.69) is 38.7 Å². The van der Waals surface area contributed by atoms with Gasteiger partial charge < -0.3 is 16.1 Å². The minimum absolute atomic E-state index is 0.169. The molecule has 0 amide bonds. The van der Waals surface area contributed by atoms with Crippen LogP contribution in [0.2, 0.25) is 5.02 Å². The number of rotatable bonds is 11. The van der Waals surface area contributed by atoms with E-state index in [-0.39, 0.29) is 11.9 Å². The van der Waals surface area contributed by atoms with E-state index in [1.807, 2.05) is 47.6 Å². The summed E-state index contributed by atoms with van der Waals surface area (Å²) in [5.41, 5.74) is 9.35. The lowest BCUT2D eigenvalue weighted by Gasteiger charge is -2.34. The quantitative estimate of drug-likeness (QED) is 0.114. The van der Waals surface area contributed by atoms with Crippen LogP contribution in [0.15, 0.2) is 84.8 Å². The van der Waals surface area contributed by atoms with Crippen LogP contribution in [0.1, 0.15) is 54.8 Å². The lowest BCUT2D eigenvalue weighted by atomic mass is 9.69. The Hall–Kier alpha value is -4.77. The third kappa shape index (κ3) is 6.00. The molecule has 2 radical (unpaired) electrons. The number of halogens is 2. The largest absolute Gasteiger partial charge is 0.378 e. The number of benzene rings is 3. The molecule has 11 heteroatoms. The molecule has 4 N–H and O–H groups in total. The number of nitrogens with zero attached hydrogens (tertiary/aromatic N) is 4. The van der Waals surface area contributed by atoms with Crippen molar-refractivity contribution in [3.8, 4) is 12.1 Å². The molecule has 0 bridgehead atoms. The molecule has 2 aliphatic rings. The second kappa shape index (κ2) is 12.5. The summed E-state index contributed by atoms with van der Waals surface area (Å²) in [6, 6.07) is 24.2. The zero-order valence-corrected chi connectivity index (χ0v) is 24.6. The molecule has 2 unspecified atom stereocenters. The van der Waals surface area contributed by atoms with Gasteiger partial charge in [0.05, 0.1) is 45.0 Å². The van der Waals surface area contributed by atoms with E-state index >= 15 is 0 Å². The van der Waals surface area contributed by atoms with E-state index in [0.717, 1.165) is 18.4 Å². The zero-order valence-electron chi connectivity index (χ0n) is 23.8. The van der Waals surface area contributed by atoms with Crippen LogP contribution in [-0.4, -0.2) is 23.9 Å². The van der Waals surface area contributed by atoms with Crippen LogP contribution >= 0.6 is 11.6 Å². The Morgan fingerprint density at radius 1 is 1.14 bits per heavy atom. The summed E-state index contributed by atoms with van der Waals surface area (Å²) in [5.74, 6) is -0.371. The zero-order chi connectivity index (χ0) is 30.7. The first-order valence-corrected chi connectivity index (χ1v) is 14.8. The predicted octanol–water partition coefficient (Wildman–Crippen LogP) is 6.51. The monoisotopic (exact) mass is 602 g/mol. The molecule has 1 fully saturated rings. The second-order valence-corrected chi connectivity index (χ2v) is 11.4. The Kier molecular flexibility index (Phi) is 8.30. The predicted molar refractivity (Wildman–Crippen MR) is 170 cm³/mol. The van der Waals surface area contributed by atoms with Crippen molar-refractivity contribution in [3.05, 3.63) is 112 Å². The molecule has 3 aromatic carbocycles. The summed E-state index contributed by atoms with van der Waals surface area (Å²) in [4.78, 5) is 4.51. The van der Waals surface area contributed by atoms with Gasteiger partial charge in [-0.15, -0.1) is 5.53 Å². The van der Waals surface area contributed by atoms with Gasteiger partial charge in [0.25, 0.3) is 0 Å².